The van der Waals surface area contributed by atoms with Crippen LogP contribution in [0.15, 0.2) is 24.3 Å². The third-order valence-electron chi connectivity index (χ3n) is 8.22. The highest BCUT2D eigenvalue weighted by Crippen LogP contribution is 2.82. The second-order valence-electron chi connectivity index (χ2n) is 8.68. The predicted octanol–water partition coefficient (Wildman–Crippen LogP) is 2.63. The molecule has 0 heterocycles. The molecule has 0 saturated heterocycles. The van der Waals surface area contributed by atoms with Crippen molar-refractivity contribution in [1.82, 2.24) is 4.90 Å². The van der Waals surface area contributed by atoms with Gasteiger partial charge in [0.1, 0.15) is 11.6 Å². The highest BCUT2D eigenvalue weighted by molar-refractivity contribution is 5.91. The number of carbonyl (C=O) groups is 1. The van der Waals surface area contributed by atoms with Gasteiger partial charge in [-0.05, 0) is 73.1 Å². The van der Waals surface area contributed by atoms with Crippen molar-refractivity contribution >= 4 is 5.78 Å². The molecule has 1 aromatic rings. The highest BCUT2D eigenvalue weighted by atomic mass is 19.1. The summed E-state index contributed by atoms with van der Waals surface area (Å²) in [4.78, 5) is 15.1. The fraction of sp³-hybridized carbons (Fsp3) is 0.650. The Morgan fingerprint density at radius 3 is 2.83 bits per heavy atom. The molecule has 0 unspecified atom stereocenters. The molecule has 9 atom stereocenters. The molecule has 1 aromatic carbocycles. The van der Waals surface area contributed by atoms with E-state index in [0.717, 1.165) is 42.2 Å². The number of carbonyl (C=O) groups excluding carboxylic acids is 1. The minimum atomic E-state index is -0.142. The zero-order valence-corrected chi connectivity index (χ0v) is 13.4. The van der Waals surface area contributed by atoms with Gasteiger partial charge in [-0.3, -0.25) is 4.79 Å². The number of fused-ring (bicyclic) bond motifs is 2. The summed E-state index contributed by atoms with van der Waals surface area (Å²) in [6, 6.07) is 7.59. The summed E-state index contributed by atoms with van der Waals surface area (Å²) < 4.78 is 13.3. The summed E-state index contributed by atoms with van der Waals surface area (Å²) in [6.45, 7) is 0.976. The van der Waals surface area contributed by atoms with Gasteiger partial charge in [0.25, 0.3) is 0 Å². The van der Waals surface area contributed by atoms with E-state index in [1.165, 1.54) is 12.5 Å². The lowest BCUT2D eigenvalue weighted by atomic mass is 9.58. The van der Waals surface area contributed by atoms with Crippen LogP contribution in [0.2, 0.25) is 0 Å². The number of nitrogens with zero attached hydrogens (tertiary/aromatic N) is 1. The van der Waals surface area contributed by atoms with Crippen LogP contribution in [0.4, 0.5) is 4.39 Å². The Hall–Kier alpha value is -1.22. The normalized spacial score (nSPS) is 50.4. The van der Waals surface area contributed by atoms with Crippen LogP contribution in [0.1, 0.15) is 12.0 Å². The van der Waals surface area contributed by atoms with Crippen molar-refractivity contribution in [3.05, 3.63) is 35.6 Å². The maximum atomic E-state index is 13.3. The second-order valence-corrected chi connectivity index (χ2v) is 8.68. The Morgan fingerprint density at radius 1 is 1.13 bits per heavy atom. The van der Waals surface area contributed by atoms with Gasteiger partial charge in [0.2, 0.25) is 0 Å². The lowest BCUT2D eigenvalue weighted by molar-refractivity contribution is -0.137. The molecular formula is C20H22FNO. The van der Waals surface area contributed by atoms with Crippen LogP contribution in [0.3, 0.4) is 0 Å². The molecule has 0 aliphatic heterocycles. The Kier molecular flexibility index (Phi) is 2.31. The third-order valence-corrected chi connectivity index (χ3v) is 8.22. The summed E-state index contributed by atoms with van der Waals surface area (Å²) in [5.41, 5.74) is 1.08. The van der Waals surface area contributed by atoms with E-state index in [9.17, 15) is 9.18 Å². The minimum absolute atomic E-state index is 0.142. The maximum Gasteiger partial charge on any atom is 0.140 e. The summed E-state index contributed by atoms with van der Waals surface area (Å²) in [6.07, 6.45) is 2.24. The number of hydrogen-bond acceptors (Lipinski definition) is 2. The molecule has 120 valence electrons. The van der Waals surface area contributed by atoms with Gasteiger partial charge in [-0.2, -0.15) is 0 Å². The molecule has 2 bridgehead atoms. The van der Waals surface area contributed by atoms with E-state index in [-0.39, 0.29) is 5.82 Å². The Bertz CT molecular complexity index is 717. The number of benzene rings is 1. The van der Waals surface area contributed by atoms with Crippen molar-refractivity contribution in [2.45, 2.75) is 18.9 Å². The Labute approximate surface area is 136 Å². The second kappa shape index (κ2) is 4.05. The molecule has 5 aliphatic carbocycles. The molecule has 0 aromatic heterocycles. The standard InChI is InChI=1S/C20H22FNO/c1-22(6-5-9-3-2-4-10(21)7-9)19-15-11-8-12-14-13(11)17(19)18(14)20(23)16(12)15/h2-4,7,11-19H,5-6,8H2,1H3/t11-,12+,13-,14-,15+,16-,17+,18+,19-/m0/s1. The largest absolute Gasteiger partial charge is 0.302 e. The summed E-state index contributed by atoms with van der Waals surface area (Å²) >= 11 is 0. The van der Waals surface area contributed by atoms with E-state index in [2.05, 4.69) is 11.9 Å². The van der Waals surface area contributed by atoms with Gasteiger partial charge < -0.3 is 4.90 Å². The van der Waals surface area contributed by atoms with E-state index in [1.807, 2.05) is 6.07 Å². The number of rotatable bonds is 4. The third kappa shape index (κ3) is 1.35. The average Bonchev–Trinajstić information content (AvgIpc) is 3.03. The van der Waals surface area contributed by atoms with E-state index in [4.69, 9.17) is 0 Å². The van der Waals surface area contributed by atoms with Crippen LogP contribution < -0.4 is 0 Å². The van der Waals surface area contributed by atoms with E-state index in [0.29, 0.717) is 35.5 Å². The van der Waals surface area contributed by atoms with E-state index < -0.39 is 0 Å². The molecule has 5 fully saturated rings. The summed E-state index contributed by atoms with van der Waals surface area (Å²) in [7, 11) is 2.24. The first-order valence-corrected chi connectivity index (χ1v) is 9.15. The van der Waals surface area contributed by atoms with Gasteiger partial charge in [-0.1, -0.05) is 12.1 Å². The van der Waals surface area contributed by atoms with Crippen molar-refractivity contribution in [2.75, 3.05) is 13.6 Å². The van der Waals surface area contributed by atoms with Crippen molar-refractivity contribution in [3.63, 3.8) is 0 Å². The average molecular weight is 311 g/mol. The Balaban J connectivity index is 1.24. The van der Waals surface area contributed by atoms with E-state index in [1.54, 1.807) is 12.1 Å². The number of hydrogen-bond donors (Lipinski definition) is 0. The first kappa shape index (κ1) is 13.1. The van der Waals surface area contributed by atoms with Gasteiger partial charge in [0.15, 0.2) is 0 Å². The van der Waals surface area contributed by atoms with Crippen LogP contribution in [0, 0.1) is 53.2 Å². The molecule has 0 radical (unpaired) electrons. The van der Waals surface area contributed by atoms with Crippen molar-refractivity contribution in [1.29, 1.82) is 0 Å². The van der Waals surface area contributed by atoms with Crippen LogP contribution in [0.5, 0.6) is 0 Å². The lowest BCUT2D eigenvalue weighted by Gasteiger charge is -2.48. The van der Waals surface area contributed by atoms with Gasteiger partial charge in [-0.25, -0.2) is 4.39 Å². The molecule has 2 nitrogen and oxygen atoms in total. The van der Waals surface area contributed by atoms with Gasteiger partial charge in [0.05, 0.1) is 0 Å². The molecule has 5 aliphatic rings. The molecule has 0 spiro atoms. The minimum Gasteiger partial charge on any atom is -0.302 e. The molecule has 0 amide bonds. The van der Waals surface area contributed by atoms with E-state index >= 15 is 0 Å². The van der Waals surface area contributed by atoms with Crippen molar-refractivity contribution in [2.24, 2.45) is 47.3 Å². The molecule has 23 heavy (non-hydrogen) atoms. The van der Waals surface area contributed by atoms with Crippen molar-refractivity contribution < 1.29 is 9.18 Å². The lowest BCUT2D eigenvalue weighted by Crippen LogP contribution is -2.55. The van der Waals surface area contributed by atoms with Gasteiger partial charge in [-0.15, -0.1) is 0 Å². The molecule has 3 heteroatoms. The van der Waals surface area contributed by atoms with Crippen LogP contribution >= 0.6 is 0 Å². The highest BCUT2D eigenvalue weighted by Gasteiger charge is 2.83. The van der Waals surface area contributed by atoms with Gasteiger partial charge >= 0.3 is 0 Å². The molecule has 0 N–H and O–H groups in total. The SMILES string of the molecule is CN(CCc1cccc(F)c1)[C@H]1[C@@H]2[C@H]3C[C@H]4[C@@H]2C(=O)[C@@H]2[C@@H]4[C@H]3[C@H]21. The fourth-order valence-electron chi connectivity index (χ4n) is 7.85. The molecule has 5 saturated carbocycles. The van der Waals surface area contributed by atoms with Crippen LogP contribution in [-0.2, 0) is 11.2 Å². The maximum absolute atomic E-state index is 13.3. The van der Waals surface area contributed by atoms with Crippen molar-refractivity contribution in [3.8, 4) is 0 Å². The first-order chi connectivity index (χ1) is 11.2. The van der Waals surface area contributed by atoms with Crippen LogP contribution in [0.25, 0.3) is 0 Å². The zero-order valence-electron chi connectivity index (χ0n) is 13.4. The fourth-order valence-corrected chi connectivity index (χ4v) is 7.85. The Morgan fingerprint density at radius 2 is 2.00 bits per heavy atom. The van der Waals surface area contributed by atoms with Gasteiger partial charge in [0, 0.05) is 24.4 Å². The number of halogens is 1. The number of ketones is 1. The topological polar surface area (TPSA) is 20.3 Å². The summed E-state index contributed by atoms with van der Waals surface area (Å²) in [5.74, 6) is 5.89. The zero-order chi connectivity index (χ0) is 15.5. The monoisotopic (exact) mass is 311 g/mol. The number of likely N-dealkylation sites (N-methyl/N-ethyl adjacent to an activating group) is 1. The first-order valence-electron chi connectivity index (χ1n) is 9.15. The predicted molar refractivity (Wildman–Crippen MR) is 84.1 cm³/mol. The number of Topliss-reactive ketones (excluding diaryl/α,β-unsaturated/α-hetero) is 1. The molecular weight excluding hydrogens is 289 g/mol. The summed E-state index contributed by atoms with van der Waals surface area (Å²) in [5, 5.41) is 0. The molecule has 6 rings (SSSR count). The quantitative estimate of drug-likeness (QED) is 0.852. The van der Waals surface area contributed by atoms with Crippen LogP contribution in [-0.4, -0.2) is 30.3 Å². The smallest absolute Gasteiger partial charge is 0.140 e.